The van der Waals surface area contributed by atoms with Crippen molar-refractivity contribution in [3.05, 3.63) is 75.5 Å². The molecule has 0 unspecified atom stereocenters. The maximum absolute atomic E-state index is 12.6. The van der Waals surface area contributed by atoms with Crippen LogP contribution < -0.4 is 5.32 Å². The molecule has 0 spiro atoms. The third-order valence-corrected chi connectivity index (χ3v) is 6.32. The van der Waals surface area contributed by atoms with Crippen molar-refractivity contribution < 1.29 is 4.79 Å². The van der Waals surface area contributed by atoms with Crippen LogP contribution >= 0.6 is 35.0 Å². The number of hydrogen-bond donors (Lipinski definition) is 1. The fraction of sp³-hybridized carbons (Fsp3) is 0.286. The number of hydrogen-bond acceptors (Lipinski definition) is 4. The van der Waals surface area contributed by atoms with Gasteiger partial charge < -0.3 is 9.88 Å². The van der Waals surface area contributed by atoms with Crippen LogP contribution in [0.3, 0.4) is 0 Å². The molecule has 29 heavy (non-hydrogen) atoms. The highest BCUT2D eigenvalue weighted by Crippen LogP contribution is 2.29. The average Bonchev–Trinajstić information content (AvgIpc) is 3.07. The van der Waals surface area contributed by atoms with Crippen molar-refractivity contribution in [3.8, 4) is 0 Å². The third kappa shape index (κ3) is 5.32. The van der Waals surface area contributed by atoms with E-state index in [0.717, 1.165) is 16.5 Å². The van der Waals surface area contributed by atoms with E-state index < -0.39 is 0 Å². The molecule has 0 aliphatic carbocycles. The molecule has 0 saturated heterocycles. The molecule has 8 heteroatoms. The Morgan fingerprint density at radius 1 is 1.10 bits per heavy atom. The van der Waals surface area contributed by atoms with Crippen molar-refractivity contribution in [2.24, 2.45) is 13.0 Å². The summed E-state index contributed by atoms with van der Waals surface area (Å²) in [6.45, 7) is 4.10. The van der Waals surface area contributed by atoms with E-state index >= 15 is 0 Å². The fourth-order valence-corrected chi connectivity index (χ4v) is 4.03. The Morgan fingerprint density at radius 3 is 2.48 bits per heavy atom. The topological polar surface area (TPSA) is 59.8 Å². The minimum Gasteiger partial charge on any atom is -0.342 e. The van der Waals surface area contributed by atoms with Crippen LogP contribution in [0.4, 0.5) is 0 Å². The van der Waals surface area contributed by atoms with Crippen LogP contribution in [0, 0.1) is 5.92 Å². The molecule has 152 valence electrons. The highest BCUT2D eigenvalue weighted by Gasteiger charge is 2.25. The van der Waals surface area contributed by atoms with Crippen LogP contribution in [0.5, 0.6) is 0 Å². The number of rotatable bonds is 7. The van der Waals surface area contributed by atoms with Crippen molar-refractivity contribution in [1.82, 2.24) is 20.1 Å². The monoisotopic (exact) mass is 448 g/mol. The van der Waals surface area contributed by atoms with E-state index in [0.29, 0.717) is 21.4 Å². The van der Waals surface area contributed by atoms with Crippen LogP contribution in [0.1, 0.15) is 41.6 Å². The summed E-state index contributed by atoms with van der Waals surface area (Å²) in [4.78, 5) is 12.6. The zero-order chi connectivity index (χ0) is 21.0. The third-order valence-electron chi connectivity index (χ3n) is 4.49. The first-order valence-corrected chi connectivity index (χ1v) is 10.9. The molecule has 3 rings (SSSR count). The minimum atomic E-state index is -0.250. The summed E-state index contributed by atoms with van der Waals surface area (Å²) in [7, 11) is 1.91. The summed E-state index contributed by atoms with van der Waals surface area (Å²) >= 11 is 13.6. The van der Waals surface area contributed by atoms with E-state index in [9.17, 15) is 4.79 Å². The molecule has 2 aromatic carbocycles. The normalized spacial score (nSPS) is 12.2. The molecule has 1 aromatic heterocycles. The number of benzene rings is 2. The zero-order valence-electron chi connectivity index (χ0n) is 16.4. The number of halogens is 2. The van der Waals surface area contributed by atoms with E-state index in [1.807, 2.05) is 55.8 Å². The quantitative estimate of drug-likeness (QED) is 0.481. The lowest BCUT2D eigenvalue weighted by Gasteiger charge is -2.21. The van der Waals surface area contributed by atoms with Gasteiger partial charge in [0.1, 0.15) is 0 Å². The van der Waals surface area contributed by atoms with Gasteiger partial charge >= 0.3 is 0 Å². The molecule has 0 fully saturated rings. The smallest absolute Gasteiger partial charge is 0.251 e. The van der Waals surface area contributed by atoms with Gasteiger partial charge in [0, 0.05) is 18.4 Å². The Bertz CT molecular complexity index is 992. The minimum absolute atomic E-state index is 0.127. The van der Waals surface area contributed by atoms with E-state index in [-0.39, 0.29) is 17.9 Å². The number of amides is 1. The Labute approximate surface area is 184 Å². The number of thioether (sulfide) groups is 1. The molecule has 0 aliphatic heterocycles. The van der Waals surface area contributed by atoms with Gasteiger partial charge in [0.15, 0.2) is 11.0 Å². The second-order valence-corrected chi connectivity index (χ2v) is 8.76. The summed E-state index contributed by atoms with van der Waals surface area (Å²) in [5.41, 5.74) is 1.67. The largest absolute Gasteiger partial charge is 0.342 e. The molecule has 1 atom stereocenters. The molecule has 0 aliphatic rings. The summed E-state index contributed by atoms with van der Waals surface area (Å²) in [5.74, 6) is 1.43. The molecular formula is C21H22Cl2N4OS. The van der Waals surface area contributed by atoms with Crippen molar-refractivity contribution in [1.29, 1.82) is 0 Å². The SMILES string of the molecule is CC(C)[C@H](NC(=O)c1ccccc1)c1nnc(SCc2ccc(Cl)c(Cl)c2)n1C. The van der Waals surface area contributed by atoms with E-state index in [4.69, 9.17) is 23.2 Å². The van der Waals surface area contributed by atoms with Gasteiger partial charge in [-0.3, -0.25) is 4.79 Å². The second kappa shape index (κ2) is 9.65. The summed E-state index contributed by atoms with van der Waals surface area (Å²) in [5, 5.41) is 13.6. The predicted molar refractivity (Wildman–Crippen MR) is 119 cm³/mol. The number of nitrogens with one attached hydrogen (secondary N) is 1. The maximum atomic E-state index is 12.6. The molecule has 1 N–H and O–H groups in total. The van der Waals surface area contributed by atoms with Crippen molar-refractivity contribution in [2.45, 2.75) is 30.8 Å². The van der Waals surface area contributed by atoms with E-state index in [1.165, 1.54) is 0 Å². The molecule has 1 heterocycles. The Balaban J connectivity index is 1.74. The molecule has 0 saturated carbocycles. The first-order chi connectivity index (χ1) is 13.9. The second-order valence-electron chi connectivity index (χ2n) is 7.00. The van der Waals surface area contributed by atoms with Gasteiger partial charge in [-0.1, -0.05) is 73.1 Å². The Kier molecular flexibility index (Phi) is 7.22. The van der Waals surface area contributed by atoms with Gasteiger partial charge in [-0.2, -0.15) is 0 Å². The summed E-state index contributed by atoms with van der Waals surface area (Å²) in [6.07, 6.45) is 0. The molecule has 3 aromatic rings. The van der Waals surface area contributed by atoms with Crippen LogP contribution in [0.15, 0.2) is 53.7 Å². The Hall–Kier alpha value is -2.02. The lowest BCUT2D eigenvalue weighted by atomic mass is 10.0. The molecule has 1 amide bonds. The van der Waals surface area contributed by atoms with Gasteiger partial charge in [0.05, 0.1) is 16.1 Å². The number of aromatic nitrogens is 3. The summed E-state index contributed by atoms with van der Waals surface area (Å²) < 4.78 is 1.93. The standard InChI is InChI=1S/C21H22Cl2N4OS/c1-13(2)18(24-20(28)15-7-5-4-6-8-15)19-25-26-21(27(19)3)29-12-14-9-10-16(22)17(23)11-14/h4-11,13,18H,12H2,1-3H3,(H,24,28)/t18-/m0/s1. The molecule has 0 radical (unpaired) electrons. The van der Waals surface area contributed by atoms with Gasteiger partial charge in [-0.15, -0.1) is 10.2 Å². The lowest BCUT2D eigenvalue weighted by molar-refractivity contribution is 0.0922. The molecule has 5 nitrogen and oxygen atoms in total. The lowest BCUT2D eigenvalue weighted by Crippen LogP contribution is -2.33. The zero-order valence-corrected chi connectivity index (χ0v) is 18.7. The van der Waals surface area contributed by atoms with Crippen LogP contribution in [-0.2, 0) is 12.8 Å². The predicted octanol–water partition coefficient (Wildman–Crippen LogP) is 5.54. The molecule has 0 bridgehead atoms. The van der Waals surface area contributed by atoms with Gasteiger partial charge in [-0.25, -0.2) is 0 Å². The number of carbonyl (C=O) groups excluding carboxylic acids is 1. The van der Waals surface area contributed by atoms with Crippen LogP contribution in [0.25, 0.3) is 0 Å². The highest BCUT2D eigenvalue weighted by molar-refractivity contribution is 7.98. The first-order valence-electron chi connectivity index (χ1n) is 9.18. The van der Waals surface area contributed by atoms with Gasteiger partial charge in [0.2, 0.25) is 0 Å². The van der Waals surface area contributed by atoms with Crippen molar-refractivity contribution in [2.75, 3.05) is 0 Å². The van der Waals surface area contributed by atoms with Crippen LogP contribution in [0.2, 0.25) is 10.0 Å². The van der Waals surface area contributed by atoms with Crippen molar-refractivity contribution in [3.63, 3.8) is 0 Å². The number of carbonyl (C=O) groups is 1. The van der Waals surface area contributed by atoms with Gasteiger partial charge in [0.25, 0.3) is 5.91 Å². The van der Waals surface area contributed by atoms with Crippen LogP contribution in [-0.4, -0.2) is 20.7 Å². The fourth-order valence-electron chi connectivity index (χ4n) is 2.84. The van der Waals surface area contributed by atoms with E-state index in [1.54, 1.807) is 30.0 Å². The van der Waals surface area contributed by atoms with E-state index in [2.05, 4.69) is 15.5 Å². The number of nitrogens with zero attached hydrogens (tertiary/aromatic N) is 3. The van der Waals surface area contributed by atoms with Gasteiger partial charge in [-0.05, 0) is 35.7 Å². The average molecular weight is 449 g/mol. The van der Waals surface area contributed by atoms with Crippen molar-refractivity contribution >= 4 is 40.9 Å². The highest BCUT2D eigenvalue weighted by atomic mass is 35.5. The first kappa shape index (κ1) is 21.7. The molecular weight excluding hydrogens is 427 g/mol. The Morgan fingerprint density at radius 2 is 1.83 bits per heavy atom. The maximum Gasteiger partial charge on any atom is 0.251 e. The summed E-state index contributed by atoms with van der Waals surface area (Å²) in [6, 6.07) is 14.5.